The van der Waals surface area contributed by atoms with Crippen molar-refractivity contribution in [1.29, 1.82) is 0 Å². The largest absolute Gasteiger partial charge is 0.534 e. The summed E-state index contributed by atoms with van der Waals surface area (Å²) < 4.78 is 69.8. The highest BCUT2D eigenvalue weighted by atomic mass is 32.2. The minimum absolute atomic E-state index is 0.176. The quantitative estimate of drug-likeness (QED) is 0.261. The van der Waals surface area contributed by atoms with Crippen molar-refractivity contribution in [2.75, 3.05) is 0 Å². The minimum atomic E-state index is -3.89. The predicted octanol–water partition coefficient (Wildman–Crippen LogP) is 7.19. The molecule has 0 aromatic heterocycles. The van der Waals surface area contributed by atoms with Gasteiger partial charge >= 0.3 is 12.2 Å². The zero-order chi connectivity index (χ0) is 31.6. The van der Waals surface area contributed by atoms with Gasteiger partial charge in [0.25, 0.3) is 0 Å². The summed E-state index contributed by atoms with van der Waals surface area (Å²) in [6.07, 6.45) is -1.40. The van der Waals surface area contributed by atoms with Crippen molar-refractivity contribution in [2.45, 2.75) is 103 Å². The normalized spacial score (nSPS) is 20.0. The number of halogens is 2. The Morgan fingerprint density at radius 1 is 0.976 bits per heavy atom. The molecule has 0 N–H and O–H groups in total. The fraction of sp³-hybridized carbons (Fsp3) is 0.533. The van der Waals surface area contributed by atoms with Gasteiger partial charge in [-0.3, -0.25) is 4.84 Å². The molecule has 1 unspecified atom stereocenters. The molecule has 0 radical (unpaired) electrons. The van der Waals surface area contributed by atoms with Crippen LogP contribution in [0.1, 0.15) is 96.2 Å². The Hall–Kier alpha value is -3.25. The summed E-state index contributed by atoms with van der Waals surface area (Å²) in [4.78, 5) is 30.4. The van der Waals surface area contributed by atoms with Crippen molar-refractivity contribution in [3.63, 3.8) is 0 Å². The van der Waals surface area contributed by atoms with Crippen LogP contribution < -0.4 is 0 Å². The van der Waals surface area contributed by atoms with Crippen LogP contribution in [0.3, 0.4) is 0 Å². The number of hydrogen-bond acceptors (Lipinski definition) is 7. The molecule has 1 aliphatic heterocycles. The smallest absolute Gasteiger partial charge is 0.442 e. The highest BCUT2D eigenvalue weighted by molar-refractivity contribution is 7.89. The maximum atomic E-state index is 15.6. The number of sulfonamides is 1. The highest BCUT2D eigenvalue weighted by Gasteiger charge is 2.41. The molecule has 1 heterocycles. The van der Waals surface area contributed by atoms with Crippen molar-refractivity contribution in [2.24, 2.45) is 0 Å². The van der Waals surface area contributed by atoms with Gasteiger partial charge in [0.1, 0.15) is 28.1 Å². The van der Waals surface area contributed by atoms with Gasteiger partial charge < -0.3 is 9.47 Å². The van der Waals surface area contributed by atoms with Gasteiger partial charge in [-0.1, -0.05) is 30.3 Å². The topological polar surface area (TPSA) is 102 Å². The number of benzene rings is 2. The van der Waals surface area contributed by atoms with Gasteiger partial charge in [0.05, 0.1) is 6.04 Å². The highest BCUT2D eigenvalue weighted by Crippen LogP contribution is 2.38. The van der Waals surface area contributed by atoms with Gasteiger partial charge in [-0.05, 0) is 85.9 Å². The van der Waals surface area contributed by atoms with Gasteiger partial charge in [0.2, 0.25) is 10.0 Å². The van der Waals surface area contributed by atoms with Gasteiger partial charge in [-0.2, -0.15) is 4.31 Å². The van der Waals surface area contributed by atoms with Crippen LogP contribution in [0, 0.1) is 11.6 Å². The van der Waals surface area contributed by atoms with E-state index in [1.165, 1.54) is 11.2 Å². The minimum Gasteiger partial charge on any atom is -0.442 e. The Morgan fingerprint density at radius 3 is 2.14 bits per heavy atom. The summed E-state index contributed by atoms with van der Waals surface area (Å²) in [5.74, 6) is -1.81. The van der Waals surface area contributed by atoms with Gasteiger partial charge in [0.15, 0.2) is 0 Å². The number of hydrogen-bond donors (Lipinski definition) is 0. The molecule has 232 valence electrons. The summed E-state index contributed by atoms with van der Waals surface area (Å²) in [7, 11) is -3.89. The zero-order valence-electron chi connectivity index (χ0n) is 25.3. The zero-order valence-corrected chi connectivity index (χ0v) is 26.1. The van der Waals surface area contributed by atoms with E-state index in [1.54, 1.807) is 78.8 Å². The summed E-state index contributed by atoms with van der Waals surface area (Å²) in [5, 5.41) is -0.312. The molecular formula is C30H40F2N2O7S. The van der Waals surface area contributed by atoms with E-state index in [0.29, 0.717) is 23.5 Å². The third-order valence-electron chi connectivity index (χ3n) is 6.63. The fourth-order valence-corrected chi connectivity index (χ4v) is 6.81. The van der Waals surface area contributed by atoms with Crippen LogP contribution >= 0.6 is 0 Å². The van der Waals surface area contributed by atoms with E-state index in [2.05, 4.69) is 0 Å². The third kappa shape index (κ3) is 8.19. The molecule has 0 bridgehead atoms. The van der Waals surface area contributed by atoms with Crippen molar-refractivity contribution >= 4 is 22.3 Å². The molecule has 1 saturated heterocycles. The van der Waals surface area contributed by atoms with Crippen LogP contribution in [0.2, 0.25) is 0 Å². The maximum absolute atomic E-state index is 15.6. The Bertz CT molecular complexity index is 1390. The Morgan fingerprint density at radius 2 is 1.57 bits per heavy atom. The van der Waals surface area contributed by atoms with Crippen LogP contribution in [0.15, 0.2) is 42.5 Å². The Labute approximate surface area is 246 Å². The van der Waals surface area contributed by atoms with Gasteiger partial charge in [-0.15, -0.1) is 5.06 Å². The molecule has 2 aromatic rings. The van der Waals surface area contributed by atoms with Crippen LogP contribution in [0.25, 0.3) is 0 Å². The predicted molar refractivity (Wildman–Crippen MR) is 153 cm³/mol. The molecule has 1 aliphatic rings. The van der Waals surface area contributed by atoms with Crippen LogP contribution in [0.5, 0.6) is 0 Å². The molecule has 0 spiro atoms. The number of amides is 1. The first-order chi connectivity index (χ1) is 19.3. The monoisotopic (exact) mass is 610 g/mol. The van der Waals surface area contributed by atoms with E-state index in [9.17, 15) is 18.0 Å². The Balaban J connectivity index is 1.92. The lowest BCUT2D eigenvalue weighted by Crippen LogP contribution is -2.45. The summed E-state index contributed by atoms with van der Waals surface area (Å²) in [6, 6.07) is 8.78. The number of carbonyl (C=O) groups is 2. The van der Waals surface area contributed by atoms with Crippen molar-refractivity contribution in [3.8, 4) is 0 Å². The lowest BCUT2D eigenvalue weighted by Gasteiger charge is -2.37. The number of rotatable bonds is 5. The van der Waals surface area contributed by atoms with Crippen molar-refractivity contribution < 1.29 is 41.1 Å². The summed E-state index contributed by atoms with van der Waals surface area (Å²) >= 11 is 0. The van der Waals surface area contributed by atoms with E-state index in [0.717, 1.165) is 12.1 Å². The van der Waals surface area contributed by atoms with E-state index in [1.807, 2.05) is 0 Å². The molecule has 0 saturated carbocycles. The SMILES string of the molecule is CC(c1cc(F)c(CN2[C@@H](C)CC[C@H](c3ccccc3)S2(=O)=O)cc1F)N(OC(=O)OC(C)(C)C)C(=O)OC(C)(C)C. The molecule has 2 aromatic carbocycles. The second kappa shape index (κ2) is 12.5. The second-order valence-electron chi connectivity index (χ2n) is 12.4. The molecule has 1 amide bonds. The van der Waals surface area contributed by atoms with Gasteiger partial charge in [0, 0.05) is 23.7 Å². The molecular weight excluding hydrogens is 570 g/mol. The van der Waals surface area contributed by atoms with E-state index in [4.69, 9.17) is 14.3 Å². The van der Waals surface area contributed by atoms with E-state index >= 15 is 8.78 Å². The van der Waals surface area contributed by atoms with Crippen LogP contribution in [-0.4, -0.2) is 47.3 Å². The van der Waals surface area contributed by atoms with Gasteiger partial charge in [-0.25, -0.2) is 26.8 Å². The van der Waals surface area contributed by atoms with E-state index < -0.39 is 62.4 Å². The lowest BCUT2D eigenvalue weighted by atomic mass is 10.0. The molecule has 0 aliphatic carbocycles. The first kappa shape index (κ1) is 33.3. The molecule has 3 atom stereocenters. The first-order valence-electron chi connectivity index (χ1n) is 13.8. The van der Waals surface area contributed by atoms with Crippen molar-refractivity contribution in [1.82, 2.24) is 9.37 Å². The van der Waals surface area contributed by atoms with Crippen molar-refractivity contribution in [3.05, 3.63) is 70.8 Å². The molecule has 9 nitrogen and oxygen atoms in total. The first-order valence-corrected chi connectivity index (χ1v) is 15.3. The fourth-order valence-electron chi connectivity index (χ4n) is 4.62. The molecule has 12 heteroatoms. The van der Waals surface area contributed by atoms with E-state index in [-0.39, 0.29) is 17.7 Å². The average molecular weight is 611 g/mol. The third-order valence-corrected chi connectivity index (χ3v) is 9.00. The second-order valence-corrected chi connectivity index (χ2v) is 14.5. The molecule has 3 rings (SSSR count). The molecule has 1 fully saturated rings. The lowest BCUT2D eigenvalue weighted by molar-refractivity contribution is -0.154. The average Bonchev–Trinajstić information content (AvgIpc) is 2.84. The standard InChI is InChI=1S/C30H40F2N2O7S/c1-19-14-15-26(21-12-10-9-11-13-21)42(37,38)33(19)18-22-16-25(32)23(17-24(22)31)20(2)34(27(35)39-29(3,4)5)41-28(36)40-30(6,7)8/h9-13,16-17,19-20,26H,14-15,18H2,1-8H3/t19-,20?,26+/m0/s1. The summed E-state index contributed by atoms with van der Waals surface area (Å²) in [6.45, 7) is 12.2. The molecule has 42 heavy (non-hydrogen) atoms. The maximum Gasteiger partial charge on any atom is 0.534 e. The Kier molecular flexibility index (Phi) is 9.93. The number of ether oxygens (including phenoxy) is 2. The number of nitrogens with zero attached hydrogens (tertiary/aromatic N) is 2. The van der Waals surface area contributed by atoms with Crippen LogP contribution in [-0.2, 0) is 30.9 Å². The summed E-state index contributed by atoms with van der Waals surface area (Å²) in [5.41, 5.74) is -1.80. The van der Waals surface area contributed by atoms with Crippen LogP contribution in [0.4, 0.5) is 18.4 Å². The number of hydroxylamine groups is 2. The number of carbonyl (C=O) groups excluding carboxylic acids is 2.